The second-order valence-electron chi connectivity index (χ2n) is 4.73. The number of carbonyl (C=O) groups is 1. The molecule has 1 saturated heterocycles. The number of benzene rings is 1. The average molecular weight is 235 g/mol. The molecule has 0 aromatic heterocycles. The molecule has 4 heteroatoms. The first kappa shape index (κ1) is 11.9. The predicted octanol–water partition coefficient (Wildman–Crippen LogP) is 1.92. The van der Waals surface area contributed by atoms with E-state index in [1.54, 1.807) is 12.1 Å². The van der Waals surface area contributed by atoms with Crippen molar-refractivity contribution in [2.75, 3.05) is 32.2 Å². The van der Waals surface area contributed by atoms with Crippen LogP contribution in [0.25, 0.3) is 0 Å². The van der Waals surface area contributed by atoms with Gasteiger partial charge in [-0.3, -0.25) is 0 Å². The van der Waals surface area contributed by atoms with Crippen molar-refractivity contribution in [1.29, 1.82) is 0 Å². The lowest BCUT2D eigenvalue weighted by molar-refractivity contribution is -0.0924. The number of hydrogen-bond acceptors (Lipinski definition) is 4. The minimum atomic E-state index is -0.313. The van der Waals surface area contributed by atoms with Gasteiger partial charge < -0.3 is 14.8 Å². The van der Waals surface area contributed by atoms with Crippen molar-refractivity contribution in [2.45, 2.75) is 6.92 Å². The Morgan fingerprint density at radius 1 is 1.53 bits per heavy atom. The summed E-state index contributed by atoms with van der Waals surface area (Å²) in [5, 5.41) is 3.32. The van der Waals surface area contributed by atoms with Crippen LogP contribution in [0.3, 0.4) is 0 Å². The van der Waals surface area contributed by atoms with Gasteiger partial charge in [-0.1, -0.05) is 13.0 Å². The van der Waals surface area contributed by atoms with Crippen molar-refractivity contribution >= 4 is 11.7 Å². The first-order chi connectivity index (χ1) is 8.13. The zero-order valence-electron chi connectivity index (χ0n) is 10.2. The van der Waals surface area contributed by atoms with Gasteiger partial charge in [-0.15, -0.1) is 0 Å². The van der Waals surface area contributed by atoms with E-state index in [0.29, 0.717) is 5.56 Å². The van der Waals surface area contributed by atoms with Gasteiger partial charge >= 0.3 is 5.97 Å². The van der Waals surface area contributed by atoms with E-state index in [4.69, 9.17) is 4.74 Å². The van der Waals surface area contributed by atoms with Crippen molar-refractivity contribution in [1.82, 2.24) is 0 Å². The van der Waals surface area contributed by atoms with Crippen molar-refractivity contribution in [3.8, 4) is 0 Å². The van der Waals surface area contributed by atoms with E-state index in [1.807, 2.05) is 12.1 Å². The van der Waals surface area contributed by atoms with E-state index in [-0.39, 0.29) is 11.4 Å². The van der Waals surface area contributed by atoms with E-state index in [2.05, 4.69) is 17.0 Å². The van der Waals surface area contributed by atoms with E-state index in [9.17, 15) is 4.79 Å². The van der Waals surface area contributed by atoms with Gasteiger partial charge in [-0.05, 0) is 18.2 Å². The largest absolute Gasteiger partial charge is 0.465 e. The normalized spacial score (nSPS) is 17.1. The van der Waals surface area contributed by atoms with Crippen LogP contribution in [-0.2, 0) is 9.47 Å². The SMILES string of the molecule is COC(=O)c1cccc(NCC2(C)COC2)c1. The zero-order chi connectivity index (χ0) is 12.3. The van der Waals surface area contributed by atoms with Gasteiger partial charge in [0.15, 0.2) is 0 Å². The third-order valence-corrected chi connectivity index (χ3v) is 2.90. The van der Waals surface area contributed by atoms with Crippen LogP contribution in [0.15, 0.2) is 24.3 Å². The molecule has 1 aromatic carbocycles. The molecule has 1 N–H and O–H groups in total. The van der Waals surface area contributed by atoms with Crippen molar-refractivity contribution in [2.24, 2.45) is 5.41 Å². The van der Waals surface area contributed by atoms with Gasteiger partial charge in [-0.25, -0.2) is 4.79 Å². The quantitative estimate of drug-likeness (QED) is 0.810. The fraction of sp³-hybridized carbons (Fsp3) is 0.462. The zero-order valence-corrected chi connectivity index (χ0v) is 10.2. The summed E-state index contributed by atoms with van der Waals surface area (Å²) < 4.78 is 9.87. The van der Waals surface area contributed by atoms with Crippen LogP contribution in [0, 0.1) is 5.41 Å². The summed E-state index contributed by atoms with van der Waals surface area (Å²) in [6.45, 7) is 4.60. The molecular weight excluding hydrogens is 218 g/mol. The number of methoxy groups -OCH3 is 1. The highest BCUT2D eigenvalue weighted by molar-refractivity contribution is 5.90. The van der Waals surface area contributed by atoms with Crippen molar-refractivity contribution in [3.63, 3.8) is 0 Å². The molecule has 0 atom stereocenters. The lowest BCUT2D eigenvalue weighted by Gasteiger charge is -2.38. The van der Waals surface area contributed by atoms with E-state index in [0.717, 1.165) is 25.4 Å². The van der Waals surface area contributed by atoms with Crippen LogP contribution >= 0.6 is 0 Å². The third-order valence-electron chi connectivity index (χ3n) is 2.90. The van der Waals surface area contributed by atoms with Crippen LogP contribution in [0.5, 0.6) is 0 Å². The highest BCUT2D eigenvalue weighted by atomic mass is 16.5. The molecule has 0 radical (unpaired) electrons. The summed E-state index contributed by atoms with van der Waals surface area (Å²) in [5.41, 5.74) is 1.70. The number of nitrogens with one attached hydrogen (secondary N) is 1. The predicted molar refractivity (Wildman–Crippen MR) is 65.2 cm³/mol. The first-order valence-corrected chi connectivity index (χ1v) is 5.63. The maximum atomic E-state index is 11.4. The summed E-state index contributed by atoms with van der Waals surface area (Å²) in [4.78, 5) is 11.4. The van der Waals surface area contributed by atoms with Gasteiger partial charge in [0.2, 0.25) is 0 Å². The number of anilines is 1. The number of carbonyl (C=O) groups excluding carboxylic acids is 1. The molecule has 2 rings (SSSR count). The molecule has 0 saturated carbocycles. The molecule has 1 aliphatic rings. The maximum Gasteiger partial charge on any atom is 0.337 e. The Morgan fingerprint density at radius 3 is 2.88 bits per heavy atom. The molecule has 4 nitrogen and oxygen atoms in total. The van der Waals surface area contributed by atoms with E-state index in [1.165, 1.54) is 7.11 Å². The minimum absolute atomic E-state index is 0.210. The Morgan fingerprint density at radius 2 is 2.29 bits per heavy atom. The fourth-order valence-electron chi connectivity index (χ4n) is 1.74. The molecular formula is C13H17NO3. The number of hydrogen-bond donors (Lipinski definition) is 1. The Balaban J connectivity index is 1.98. The van der Waals surface area contributed by atoms with Crippen molar-refractivity contribution in [3.05, 3.63) is 29.8 Å². The molecule has 1 aliphatic heterocycles. The molecule has 0 spiro atoms. The Kier molecular flexibility index (Phi) is 3.33. The van der Waals surface area contributed by atoms with E-state index >= 15 is 0 Å². The third kappa shape index (κ3) is 2.77. The summed E-state index contributed by atoms with van der Waals surface area (Å²) in [7, 11) is 1.38. The van der Waals surface area contributed by atoms with Crippen molar-refractivity contribution < 1.29 is 14.3 Å². The Bertz CT molecular complexity index is 413. The topological polar surface area (TPSA) is 47.6 Å². The molecule has 17 heavy (non-hydrogen) atoms. The molecule has 1 aromatic rings. The number of esters is 1. The standard InChI is InChI=1S/C13H17NO3/c1-13(8-17-9-13)7-14-11-5-3-4-10(6-11)12(15)16-2/h3-6,14H,7-9H2,1-2H3. The molecule has 0 amide bonds. The Hall–Kier alpha value is -1.55. The van der Waals surface area contributed by atoms with Gasteiger partial charge in [-0.2, -0.15) is 0 Å². The average Bonchev–Trinajstić information content (AvgIpc) is 2.33. The van der Waals surface area contributed by atoms with Gasteiger partial charge in [0.05, 0.1) is 25.9 Å². The van der Waals surface area contributed by atoms with Crippen LogP contribution in [0.4, 0.5) is 5.69 Å². The highest BCUT2D eigenvalue weighted by Gasteiger charge is 2.32. The minimum Gasteiger partial charge on any atom is -0.465 e. The highest BCUT2D eigenvalue weighted by Crippen LogP contribution is 2.26. The molecule has 92 valence electrons. The van der Waals surface area contributed by atoms with Gasteiger partial charge in [0.1, 0.15) is 0 Å². The smallest absolute Gasteiger partial charge is 0.337 e. The van der Waals surface area contributed by atoms with Crippen LogP contribution in [-0.4, -0.2) is 32.8 Å². The molecule has 1 fully saturated rings. The summed E-state index contributed by atoms with van der Waals surface area (Å²) in [5.74, 6) is -0.313. The Labute approximate surface area is 101 Å². The van der Waals surface area contributed by atoms with Gasteiger partial charge in [0, 0.05) is 17.6 Å². The summed E-state index contributed by atoms with van der Waals surface area (Å²) >= 11 is 0. The molecule has 1 heterocycles. The number of ether oxygens (including phenoxy) is 2. The lowest BCUT2D eigenvalue weighted by atomic mass is 9.88. The first-order valence-electron chi connectivity index (χ1n) is 5.63. The number of rotatable bonds is 4. The monoisotopic (exact) mass is 235 g/mol. The van der Waals surface area contributed by atoms with Crippen LogP contribution in [0.2, 0.25) is 0 Å². The second-order valence-corrected chi connectivity index (χ2v) is 4.73. The lowest BCUT2D eigenvalue weighted by Crippen LogP contribution is -2.45. The fourth-order valence-corrected chi connectivity index (χ4v) is 1.74. The maximum absolute atomic E-state index is 11.4. The van der Waals surface area contributed by atoms with Gasteiger partial charge in [0.25, 0.3) is 0 Å². The summed E-state index contributed by atoms with van der Waals surface area (Å²) in [6, 6.07) is 7.32. The molecule has 0 unspecified atom stereocenters. The van der Waals surface area contributed by atoms with Crippen LogP contribution < -0.4 is 5.32 Å². The molecule has 0 aliphatic carbocycles. The van der Waals surface area contributed by atoms with E-state index < -0.39 is 0 Å². The summed E-state index contributed by atoms with van der Waals surface area (Å²) in [6.07, 6.45) is 0. The van der Waals surface area contributed by atoms with Crippen LogP contribution in [0.1, 0.15) is 17.3 Å². The molecule has 0 bridgehead atoms. The second kappa shape index (κ2) is 4.75.